The van der Waals surface area contributed by atoms with Crippen molar-refractivity contribution in [3.05, 3.63) is 17.4 Å². The molecule has 0 fully saturated rings. The van der Waals surface area contributed by atoms with Gasteiger partial charge in [0.25, 0.3) is 0 Å². The van der Waals surface area contributed by atoms with Crippen LogP contribution in [-0.4, -0.2) is 15.1 Å². The minimum Gasteiger partial charge on any atom is -0.375 e. The standard InChI is InChI=1S/C11H16N4OS2/c1-6-8(18-10(12)13-6)17-5-7-14-9(15-16-7)11(2,3)4/h5H2,1-4H3,(H2,12,13). The van der Waals surface area contributed by atoms with Crippen LogP contribution in [0.1, 0.15) is 38.2 Å². The van der Waals surface area contributed by atoms with Gasteiger partial charge in [0.1, 0.15) is 0 Å². The fourth-order valence-electron chi connectivity index (χ4n) is 1.28. The Bertz CT molecular complexity index is 541. The van der Waals surface area contributed by atoms with E-state index in [0.717, 1.165) is 15.7 Å². The largest absolute Gasteiger partial charge is 0.375 e. The zero-order valence-corrected chi connectivity index (χ0v) is 12.5. The van der Waals surface area contributed by atoms with Gasteiger partial charge < -0.3 is 10.3 Å². The van der Waals surface area contributed by atoms with Crippen molar-refractivity contribution < 1.29 is 4.52 Å². The molecule has 0 bridgehead atoms. The van der Waals surface area contributed by atoms with E-state index in [1.54, 1.807) is 11.8 Å². The smallest absolute Gasteiger partial charge is 0.237 e. The van der Waals surface area contributed by atoms with Crippen LogP contribution in [0.4, 0.5) is 5.13 Å². The van der Waals surface area contributed by atoms with Crippen LogP contribution in [-0.2, 0) is 11.2 Å². The van der Waals surface area contributed by atoms with E-state index in [0.29, 0.717) is 16.8 Å². The molecule has 7 heteroatoms. The van der Waals surface area contributed by atoms with Crippen molar-refractivity contribution in [2.75, 3.05) is 5.73 Å². The average Bonchev–Trinajstić information content (AvgIpc) is 2.81. The summed E-state index contributed by atoms with van der Waals surface area (Å²) in [7, 11) is 0. The van der Waals surface area contributed by atoms with E-state index in [-0.39, 0.29) is 5.41 Å². The van der Waals surface area contributed by atoms with E-state index in [4.69, 9.17) is 10.3 Å². The summed E-state index contributed by atoms with van der Waals surface area (Å²) in [5.74, 6) is 2.01. The highest BCUT2D eigenvalue weighted by atomic mass is 32.2. The van der Waals surface area contributed by atoms with Crippen molar-refractivity contribution in [3.63, 3.8) is 0 Å². The Morgan fingerprint density at radius 1 is 1.33 bits per heavy atom. The van der Waals surface area contributed by atoms with Crippen LogP contribution in [0.2, 0.25) is 0 Å². The predicted molar refractivity (Wildman–Crippen MR) is 73.8 cm³/mol. The Morgan fingerprint density at radius 3 is 2.56 bits per heavy atom. The summed E-state index contributed by atoms with van der Waals surface area (Å²) in [5.41, 5.74) is 6.52. The number of aryl methyl sites for hydroxylation is 1. The minimum atomic E-state index is -0.0861. The molecule has 0 unspecified atom stereocenters. The van der Waals surface area contributed by atoms with Crippen LogP contribution in [0.15, 0.2) is 8.73 Å². The number of rotatable bonds is 3. The maximum Gasteiger partial charge on any atom is 0.237 e. The molecule has 5 nitrogen and oxygen atoms in total. The van der Waals surface area contributed by atoms with Crippen molar-refractivity contribution in [1.29, 1.82) is 0 Å². The molecule has 2 N–H and O–H groups in total. The molecule has 2 heterocycles. The molecular weight excluding hydrogens is 268 g/mol. The number of nitrogens with two attached hydrogens (primary N) is 1. The van der Waals surface area contributed by atoms with Crippen LogP contribution in [0, 0.1) is 6.92 Å². The highest BCUT2D eigenvalue weighted by molar-refractivity contribution is 8.00. The Labute approximate surface area is 114 Å². The van der Waals surface area contributed by atoms with E-state index in [2.05, 4.69) is 35.9 Å². The number of thiazole rings is 1. The molecular formula is C11H16N4OS2. The highest BCUT2D eigenvalue weighted by Gasteiger charge is 2.21. The van der Waals surface area contributed by atoms with Gasteiger partial charge in [-0.25, -0.2) is 4.98 Å². The molecule has 0 atom stereocenters. The molecule has 0 aliphatic rings. The van der Waals surface area contributed by atoms with Crippen molar-refractivity contribution >= 4 is 28.2 Å². The maximum absolute atomic E-state index is 5.65. The predicted octanol–water partition coefficient (Wildman–Crippen LogP) is 3.01. The second kappa shape index (κ2) is 4.89. The van der Waals surface area contributed by atoms with Gasteiger partial charge in [0.05, 0.1) is 15.7 Å². The van der Waals surface area contributed by atoms with Gasteiger partial charge in [0, 0.05) is 5.41 Å². The molecule has 0 aromatic carbocycles. The fraction of sp³-hybridized carbons (Fsp3) is 0.545. The fourth-order valence-corrected chi connectivity index (χ4v) is 3.14. The Morgan fingerprint density at radius 2 is 2.06 bits per heavy atom. The van der Waals surface area contributed by atoms with Crippen molar-refractivity contribution in [2.45, 2.75) is 43.1 Å². The van der Waals surface area contributed by atoms with Gasteiger partial charge in [0.2, 0.25) is 5.89 Å². The third-order valence-electron chi connectivity index (χ3n) is 2.24. The average molecular weight is 284 g/mol. The van der Waals surface area contributed by atoms with Crippen molar-refractivity contribution in [3.8, 4) is 0 Å². The lowest BCUT2D eigenvalue weighted by molar-refractivity contribution is 0.373. The molecule has 2 aromatic heterocycles. The van der Waals surface area contributed by atoms with Gasteiger partial charge in [-0.2, -0.15) is 4.98 Å². The Hall–Kier alpha value is -1.08. The third-order valence-corrected chi connectivity index (χ3v) is 4.57. The summed E-state index contributed by atoms with van der Waals surface area (Å²) in [5, 5.41) is 4.58. The number of nitrogen functional groups attached to an aromatic ring is 1. The van der Waals surface area contributed by atoms with Crippen LogP contribution < -0.4 is 5.73 Å². The molecule has 0 amide bonds. The number of nitrogens with zero attached hydrogens (tertiary/aromatic N) is 3. The molecule has 18 heavy (non-hydrogen) atoms. The normalized spacial score (nSPS) is 12.0. The topological polar surface area (TPSA) is 77.8 Å². The van der Waals surface area contributed by atoms with Gasteiger partial charge in [-0.3, -0.25) is 0 Å². The number of hydrogen-bond acceptors (Lipinski definition) is 7. The molecule has 0 aliphatic heterocycles. The number of hydrogen-bond donors (Lipinski definition) is 1. The second-order valence-corrected chi connectivity index (χ2v) is 7.25. The monoisotopic (exact) mass is 284 g/mol. The van der Waals surface area contributed by atoms with Crippen LogP contribution in [0.3, 0.4) is 0 Å². The van der Waals surface area contributed by atoms with Gasteiger partial charge >= 0.3 is 0 Å². The number of aromatic nitrogens is 3. The third kappa shape index (κ3) is 3.02. The molecule has 0 aliphatic carbocycles. The first-order valence-electron chi connectivity index (χ1n) is 5.55. The highest BCUT2D eigenvalue weighted by Crippen LogP contribution is 2.32. The van der Waals surface area contributed by atoms with Crippen LogP contribution >= 0.6 is 23.1 Å². The zero-order chi connectivity index (χ0) is 13.3. The van der Waals surface area contributed by atoms with Gasteiger partial charge in [0.15, 0.2) is 11.0 Å². The van der Waals surface area contributed by atoms with E-state index in [1.807, 2.05) is 6.92 Å². The Kier molecular flexibility index (Phi) is 3.63. The molecule has 2 rings (SSSR count). The van der Waals surface area contributed by atoms with E-state index in [1.165, 1.54) is 11.3 Å². The van der Waals surface area contributed by atoms with Crippen molar-refractivity contribution in [2.24, 2.45) is 0 Å². The van der Waals surface area contributed by atoms with E-state index in [9.17, 15) is 0 Å². The molecule has 0 saturated heterocycles. The minimum absolute atomic E-state index is 0.0861. The van der Waals surface area contributed by atoms with Gasteiger partial charge in [-0.1, -0.05) is 37.3 Å². The van der Waals surface area contributed by atoms with Gasteiger partial charge in [-0.05, 0) is 6.92 Å². The van der Waals surface area contributed by atoms with Crippen LogP contribution in [0.25, 0.3) is 0 Å². The molecule has 0 spiro atoms. The summed E-state index contributed by atoms with van der Waals surface area (Å²) in [6.45, 7) is 8.12. The van der Waals surface area contributed by atoms with E-state index < -0.39 is 0 Å². The molecule has 0 saturated carbocycles. The summed E-state index contributed by atoms with van der Waals surface area (Å²) in [6.07, 6.45) is 0. The zero-order valence-electron chi connectivity index (χ0n) is 10.9. The van der Waals surface area contributed by atoms with Crippen LogP contribution in [0.5, 0.6) is 0 Å². The lowest BCUT2D eigenvalue weighted by Crippen LogP contribution is -2.13. The lowest BCUT2D eigenvalue weighted by Gasteiger charge is -2.10. The summed E-state index contributed by atoms with van der Waals surface area (Å²) < 4.78 is 6.33. The van der Waals surface area contributed by atoms with Crippen molar-refractivity contribution in [1.82, 2.24) is 15.1 Å². The maximum atomic E-state index is 5.65. The molecule has 98 valence electrons. The first-order valence-corrected chi connectivity index (χ1v) is 7.35. The quantitative estimate of drug-likeness (QED) is 0.873. The summed E-state index contributed by atoms with van der Waals surface area (Å²) in [4.78, 5) is 8.56. The lowest BCUT2D eigenvalue weighted by atomic mass is 9.96. The first kappa shape index (κ1) is 13.4. The Balaban J connectivity index is 2.03. The molecule has 2 aromatic rings. The van der Waals surface area contributed by atoms with E-state index >= 15 is 0 Å². The summed E-state index contributed by atoms with van der Waals surface area (Å²) >= 11 is 3.11. The van der Waals surface area contributed by atoms with Gasteiger partial charge in [-0.15, -0.1) is 11.8 Å². The second-order valence-electron chi connectivity index (χ2n) is 4.98. The molecule has 0 radical (unpaired) electrons. The number of thioether (sulfide) groups is 1. The summed E-state index contributed by atoms with van der Waals surface area (Å²) in [6, 6.07) is 0. The first-order chi connectivity index (χ1) is 8.36. The SMILES string of the molecule is Cc1nc(N)sc1SCc1nc(C(C)(C)C)no1. The number of anilines is 1.